The number of ether oxygens (including phenoxy) is 1. The highest BCUT2D eigenvalue weighted by molar-refractivity contribution is 9.10. The number of hydrogen-bond acceptors (Lipinski definition) is 5. The molecule has 1 heterocycles. The van der Waals surface area contributed by atoms with Crippen LogP contribution in [0.1, 0.15) is 18.1 Å². The molecule has 0 radical (unpaired) electrons. The van der Waals surface area contributed by atoms with Crippen LogP contribution in [0.15, 0.2) is 52.6 Å². The molecule has 29 heavy (non-hydrogen) atoms. The van der Waals surface area contributed by atoms with E-state index in [-0.39, 0.29) is 18.2 Å². The third kappa shape index (κ3) is 4.46. The largest absolute Gasteiger partial charge is 0.488 e. The summed E-state index contributed by atoms with van der Waals surface area (Å²) in [6, 6.07) is 11.7. The molecule has 0 bridgehead atoms. The van der Waals surface area contributed by atoms with Gasteiger partial charge in [-0.2, -0.15) is 0 Å². The Kier molecular flexibility index (Phi) is 6.29. The number of hydrogen-bond donors (Lipinski definition) is 0. The van der Waals surface area contributed by atoms with Crippen LogP contribution in [0.3, 0.4) is 0 Å². The predicted octanol–water partition coefficient (Wildman–Crippen LogP) is 4.36. The van der Waals surface area contributed by atoms with Gasteiger partial charge in [-0.05, 0) is 76.5 Å². The zero-order valence-electron chi connectivity index (χ0n) is 15.8. The second-order valence-corrected chi connectivity index (χ2v) is 7.54. The number of nitrogens with zero attached hydrogens (tertiary/aromatic N) is 3. The Labute approximate surface area is 181 Å². The molecule has 0 atom stereocenters. The van der Waals surface area contributed by atoms with Gasteiger partial charge in [-0.3, -0.25) is 19.8 Å². The lowest BCUT2D eigenvalue weighted by atomic mass is 10.1. The van der Waals surface area contributed by atoms with E-state index in [0.29, 0.717) is 23.1 Å². The number of carbonyl (C=O) groups is 1. The van der Waals surface area contributed by atoms with Gasteiger partial charge in [0.25, 0.3) is 11.6 Å². The average molecular weight is 476 g/mol. The number of rotatable bonds is 6. The Balaban J connectivity index is 1.73. The average Bonchev–Trinajstić information content (AvgIpc) is 2.90. The SMILES string of the molecule is CCN1C(=O)/C(=C/c2ccc(OCc3ccc([N+](=O)[O-])cc3)c(Br)c2)N(C)C1=S. The van der Waals surface area contributed by atoms with E-state index in [1.807, 2.05) is 19.1 Å². The van der Waals surface area contributed by atoms with Crippen molar-refractivity contribution in [1.82, 2.24) is 9.80 Å². The summed E-state index contributed by atoms with van der Waals surface area (Å²) in [6.07, 6.45) is 1.79. The van der Waals surface area contributed by atoms with Crippen LogP contribution in [-0.4, -0.2) is 39.3 Å². The lowest BCUT2D eigenvalue weighted by molar-refractivity contribution is -0.384. The molecule has 0 unspecified atom stereocenters. The second-order valence-electron chi connectivity index (χ2n) is 6.32. The normalized spacial score (nSPS) is 15.3. The zero-order chi connectivity index (χ0) is 21.1. The summed E-state index contributed by atoms with van der Waals surface area (Å²) in [5, 5.41) is 11.2. The van der Waals surface area contributed by atoms with E-state index in [4.69, 9.17) is 17.0 Å². The summed E-state index contributed by atoms with van der Waals surface area (Å²) in [7, 11) is 1.78. The summed E-state index contributed by atoms with van der Waals surface area (Å²) < 4.78 is 6.53. The van der Waals surface area contributed by atoms with Crippen LogP contribution in [0.5, 0.6) is 5.75 Å². The van der Waals surface area contributed by atoms with Crippen molar-refractivity contribution in [2.24, 2.45) is 0 Å². The fourth-order valence-corrected chi connectivity index (χ4v) is 3.67. The van der Waals surface area contributed by atoms with E-state index in [1.54, 1.807) is 41.1 Å². The fraction of sp³-hybridized carbons (Fsp3) is 0.200. The number of halogens is 1. The van der Waals surface area contributed by atoms with Crippen molar-refractivity contribution < 1.29 is 14.5 Å². The van der Waals surface area contributed by atoms with E-state index < -0.39 is 4.92 Å². The highest BCUT2D eigenvalue weighted by Crippen LogP contribution is 2.29. The van der Waals surface area contributed by atoms with Gasteiger partial charge in [0.05, 0.1) is 9.40 Å². The number of non-ortho nitro benzene ring substituents is 1. The predicted molar refractivity (Wildman–Crippen MR) is 117 cm³/mol. The molecular weight excluding hydrogens is 458 g/mol. The summed E-state index contributed by atoms with van der Waals surface area (Å²) >= 11 is 8.80. The molecule has 0 spiro atoms. The molecule has 150 valence electrons. The van der Waals surface area contributed by atoms with Gasteiger partial charge in [-0.1, -0.05) is 6.07 Å². The number of benzene rings is 2. The minimum Gasteiger partial charge on any atom is -0.488 e. The summed E-state index contributed by atoms with van der Waals surface area (Å²) in [5.41, 5.74) is 2.21. The van der Waals surface area contributed by atoms with Crippen molar-refractivity contribution in [2.45, 2.75) is 13.5 Å². The Morgan fingerprint density at radius 3 is 2.48 bits per heavy atom. The van der Waals surface area contributed by atoms with Gasteiger partial charge < -0.3 is 9.64 Å². The van der Waals surface area contributed by atoms with Crippen molar-refractivity contribution in [1.29, 1.82) is 0 Å². The molecule has 1 fully saturated rings. The molecule has 0 aliphatic carbocycles. The van der Waals surface area contributed by atoms with Crippen molar-refractivity contribution in [3.8, 4) is 5.75 Å². The minimum atomic E-state index is -0.437. The minimum absolute atomic E-state index is 0.0415. The molecule has 2 aromatic rings. The highest BCUT2D eigenvalue weighted by Gasteiger charge is 2.34. The van der Waals surface area contributed by atoms with Crippen molar-refractivity contribution >= 4 is 50.9 Å². The fourth-order valence-electron chi connectivity index (χ4n) is 2.85. The van der Waals surface area contributed by atoms with Gasteiger partial charge in [0, 0.05) is 25.7 Å². The molecule has 1 aliphatic rings. The summed E-state index contributed by atoms with van der Waals surface area (Å²) in [5.74, 6) is 0.511. The third-order valence-electron chi connectivity index (χ3n) is 4.46. The van der Waals surface area contributed by atoms with E-state index in [2.05, 4.69) is 15.9 Å². The van der Waals surface area contributed by atoms with Crippen molar-refractivity contribution in [2.75, 3.05) is 13.6 Å². The number of nitro groups is 1. The molecular formula is C20H18BrN3O4S. The maximum Gasteiger partial charge on any atom is 0.276 e. The van der Waals surface area contributed by atoms with Gasteiger partial charge in [0.15, 0.2) is 5.11 Å². The van der Waals surface area contributed by atoms with Gasteiger partial charge in [0.2, 0.25) is 0 Å². The first-order valence-corrected chi connectivity index (χ1v) is 9.99. The number of amides is 1. The number of nitro benzene ring substituents is 1. The van der Waals surface area contributed by atoms with E-state index in [9.17, 15) is 14.9 Å². The number of likely N-dealkylation sites (N-methyl/N-ethyl adjacent to an activating group) is 2. The summed E-state index contributed by atoms with van der Waals surface area (Å²) in [6.45, 7) is 2.69. The molecule has 0 N–H and O–H groups in total. The lowest BCUT2D eigenvalue weighted by Crippen LogP contribution is -2.30. The van der Waals surface area contributed by atoms with E-state index in [1.165, 1.54) is 12.1 Å². The van der Waals surface area contributed by atoms with Gasteiger partial charge in [-0.25, -0.2) is 0 Å². The molecule has 1 aliphatic heterocycles. The summed E-state index contributed by atoms with van der Waals surface area (Å²) in [4.78, 5) is 26.0. The maximum atomic E-state index is 12.5. The van der Waals surface area contributed by atoms with Gasteiger partial charge >= 0.3 is 0 Å². The molecule has 9 heteroatoms. The third-order valence-corrected chi connectivity index (χ3v) is 5.57. The van der Waals surface area contributed by atoms with Crippen LogP contribution < -0.4 is 4.74 Å². The lowest BCUT2D eigenvalue weighted by Gasteiger charge is -2.13. The van der Waals surface area contributed by atoms with Crippen molar-refractivity contribution in [3.05, 3.63) is 73.9 Å². The maximum absolute atomic E-state index is 12.5. The quantitative estimate of drug-likeness (QED) is 0.267. The standard InChI is InChI=1S/C20H18BrN3O4S/c1-3-23-19(25)17(22(2)20(23)29)11-14-6-9-18(16(21)10-14)28-12-13-4-7-15(8-5-13)24(26)27/h4-11H,3,12H2,1-2H3/b17-11-. The molecule has 7 nitrogen and oxygen atoms in total. The monoisotopic (exact) mass is 475 g/mol. The van der Waals surface area contributed by atoms with Crippen LogP contribution in [0, 0.1) is 10.1 Å². The Morgan fingerprint density at radius 2 is 1.93 bits per heavy atom. The first-order valence-electron chi connectivity index (χ1n) is 8.78. The second kappa shape index (κ2) is 8.71. The number of thiocarbonyl (C=S) groups is 1. The molecule has 0 saturated carbocycles. The van der Waals surface area contributed by atoms with E-state index >= 15 is 0 Å². The first kappa shape index (κ1) is 20.9. The highest BCUT2D eigenvalue weighted by atomic mass is 79.9. The van der Waals surface area contributed by atoms with Crippen molar-refractivity contribution in [3.63, 3.8) is 0 Å². The van der Waals surface area contributed by atoms with Crippen LogP contribution in [0.25, 0.3) is 6.08 Å². The molecule has 2 aromatic carbocycles. The topological polar surface area (TPSA) is 75.9 Å². The van der Waals surface area contributed by atoms with Crippen LogP contribution in [0.2, 0.25) is 0 Å². The van der Waals surface area contributed by atoms with Crippen LogP contribution in [-0.2, 0) is 11.4 Å². The van der Waals surface area contributed by atoms with Gasteiger partial charge in [-0.15, -0.1) is 0 Å². The number of carbonyl (C=O) groups excluding carboxylic acids is 1. The molecule has 0 aromatic heterocycles. The molecule has 1 saturated heterocycles. The van der Waals surface area contributed by atoms with Crippen LogP contribution >= 0.6 is 28.1 Å². The van der Waals surface area contributed by atoms with Gasteiger partial charge in [0.1, 0.15) is 18.1 Å². The smallest absolute Gasteiger partial charge is 0.276 e. The molecule has 1 amide bonds. The Hall–Kier alpha value is -2.78. The molecule has 3 rings (SSSR count). The first-order chi connectivity index (χ1) is 13.8. The Bertz CT molecular complexity index is 1010. The Morgan fingerprint density at radius 1 is 1.24 bits per heavy atom. The zero-order valence-corrected chi connectivity index (χ0v) is 18.2. The van der Waals surface area contributed by atoms with E-state index in [0.717, 1.165) is 15.6 Å². The van der Waals surface area contributed by atoms with Crippen LogP contribution in [0.4, 0.5) is 5.69 Å².